The first kappa shape index (κ1) is 18.6. The molecule has 4 saturated carbocycles. The molecule has 0 aliphatic heterocycles. The van der Waals surface area contributed by atoms with Crippen molar-refractivity contribution in [1.82, 2.24) is 9.97 Å². The molecular weight excluding hydrogens is 366 g/mol. The van der Waals surface area contributed by atoms with E-state index in [2.05, 4.69) is 40.3 Å². The number of aromatic amines is 1. The van der Waals surface area contributed by atoms with E-state index < -0.39 is 0 Å². The largest absolute Gasteiger partial charge is 0.353 e. The van der Waals surface area contributed by atoms with Crippen molar-refractivity contribution in [2.45, 2.75) is 63.2 Å². The van der Waals surface area contributed by atoms with Gasteiger partial charge in [0.05, 0.1) is 11.4 Å². The van der Waals surface area contributed by atoms with Crippen LogP contribution in [0.2, 0.25) is 0 Å². The maximum atomic E-state index is 5.80. The summed E-state index contributed by atoms with van der Waals surface area (Å²) in [5.74, 6) is 2.93. The molecule has 7 rings (SSSR count). The van der Waals surface area contributed by atoms with Crippen LogP contribution in [0.1, 0.15) is 62.5 Å². The summed E-state index contributed by atoms with van der Waals surface area (Å²) in [6.45, 7) is 0.764. The predicted molar refractivity (Wildman–Crippen MR) is 123 cm³/mol. The van der Waals surface area contributed by atoms with E-state index in [1.165, 1.54) is 60.7 Å². The van der Waals surface area contributed by atoms with E-state index in [1.54, 1.807) is 5.56 Å². The van der Waals surface area contributed by atoms with Gasteiger partial charge in [0.25, 0.3) is 0 Å². The zero-order chi connectivity index (χ0) is 20.1. The Kier molecular flexibility index (Phi) is 4.49. The van der Waals surface area contributed by atoms with E-state index in [0.29, 0.717) is 5.41 Å². The summed E-state index contributed by atoms with van der Waals surface area (Å²) < 4.78 is 0. The molecule has 0 atom stereocenters. The highest BCUT2D eigenvalue weighted by molar-refractivity contribution is 5.91. The van der Waals surface area contributed by atoms with Crippen molar-refractivity contribution in [3.05, 3.63) is 53.7 Å². The quantitative estimate of drug-likeness (QED) is 0.501. The Morgan fingerprint density at radius 1 is 0.967 bits per heavy atom. The Hall–Kier alpha value is -2.13. The predicted octanol–water partition coefficient (Wildman–Crippen LogP) is 5.98. The van der Waals surface area contributed by atoms with Crippen molar-refractivity contribution >= 4 is 10.9 Å². The first-order valence-corrected chi connectivity index (χ1v) is 12.0. The van der Waals surface area contributed by atoms with Gasteiger partial charge >= 0.3 is 0 Å². The molecule has 0 radical (unpaired) electrons. The van der Waals surface area contributed by atoms with Crippen LogP contribution in [0.15, 0.2) is 42.6 Å². The van der Waals surface area contributed by atoms with Gasteiger partial charge in [0.2, 0.25) is 0 Å². The molecule has 4 bridgehead atoms. The van der Waals surface area contributed by atoms with Gasteiger partial charge in [-0.05, 0) is 123 Å². The van der Waals surface area contributed by atoms with Gasteiger partial charge in [0.15, 0.2) is 0 Å². The summed E-state index contributed by atoms with van der Waals surface area (Å²) in [6, 6.07) is 13.5. The highest BCUT2D eigenvalue weighted by Gasteiger charge is 2.51. The highest BCUT2D eigenvalue weighted by atomic mass is 14.8. The van der Waals surface area contributed by atoms with Crippen LogP contribution < -0.4 is 5.73 Å². The molecule has 1 aromatic carbocycles. The summed E-state index contributed by atoms with van der Waals surface area (Å²) in [5, 5.41) is 1.42. The fourth-order valence-corrected chi connectivity index (χ4v) is 7.48. The van der Waals surface area contributed by atoms with Gasteiger partial charge in [0, 0.05) is 17.1 Å². The van der Waals surface area contributed by atoms with E-state index in [4.69, 9.17) is 5.73 Å². The molecule has 2 aromatic heterocycles. The molecule has 0 saturated heterocycles. The Morgan fingerprint density at radius 3 is 2.40 bits per heavy atom. The lowest BCUT2D eigenvalue weighted by Crippen LogP contribution is -2.48. The van der Waals surface area contributed by atoms with Gasteiger partial charge in [0.1, 0.15) is 0 Å². The minimum atomic E-state index is 0.444. The third-order valence-corrected chi connectivity index (χ3v) is 8.36. The van der Waals surface area contributed by atoms with Gasteiger partial charge < -0.3 is 10.7 Å². The molecule has 0 unspecified atom stereocenters. The number of aryl methyl sites for hydroxylation is 1. The number of nitrogens with zero attached hydrogens (tertiary/aromatic N) is 1. The van der Waals surface area contributed by atoms with Crippen LogP contribution in [-0.4, -0.2) is 16.5 Å². The maximum Gasteiger partial charge on any atom is 0.0867 e. The molecule has 156 valence electrons. The van der Waals surface area contributed by atoms with Crippen LogP contribution in [0.25, 0.3) is 22.3 Å². The Labute approximate surface area is 179 Å². The van der Waals surface area contributed by atoms with Crippen LogP contribution in [0, 0.1) is 17.8 Å². The molecule has 30 heavy (non-hydrogen) atoms. The zero-order valence-corrected chi connectivity index (χ0v) is 17.9. The molecule has 0 amide bonds. The number of rotatable bonds is 6. The minimum Gasteiger partial charge on any atom is -0.353 e. The Balaban J connectivity index is 1.45. The van der Waals surface area contributed by atoms with E-state index in [9.17, 15) is 0 Å². The molecule has 4 fully saturated rings. The lowest BCUT2D eigenvalue weighted by atomic mass is 9.48. The standard InChI is InChI=1S/C27H33N3/c28-9-3-1-5-22-23-14-21(27-15-18-11-19(16-27)13-20(12-18)17-27)7-8-24(23)30-26(22)25-6-2-4-10-29-25/h2,4,6-8,10,14,18-20,30H,1,3,5,9,11-13,15-17,28H2. The van der Waals surface area contributed by atoms with Gasteiger partial charge in [-0.2, -0.15) is 0 Å². The Bertz CT molecular complexity index is 1010. The van der Waals surface area contributed by atoms with Crippen molar-refractivity contribution in [3.63, 3.8) is 0 Å². The average Bonchev–Trinajstić information content (AvgIpc) is 3.12. The van der Waals surface area contributed by atoms with Crippen LogP contribution in [0.5, 0.6) is 0 Å². The Morgan fingerprint density at radius 2 is 1.73 bits per heavy atom. The molecule has 0 spiro atoms. The van der Waals surface area contributed by atoms with Crippen molar-refractivity contribution in [3.8, 4) is 11.4 Å². The second kappa shape index (κ2) is 7.23. The zero-order valence-electron chi connectivity index (χ0n) is 17.9. The molecule has 4 aliphatic carbocycles. The van der Waals surface area contributed by atoms with E-state index >= 15 is 0 Å². The van der Waals surface area contributed by atoms with E-state index in [-0.39, 0.29) is 0 Å². The summed E-state index contributed by atoms with van der Waals surface area (Å²) in [7, 11) is 0. The summed E-state index contributed by atoms with van der Waals surface area (Å²) in [4.78, 5) is 8.37. The molecule has 3 N–H and O–H groups in total. The lowest BCUT2D eigenvalue weighted by molar-refractivity contribution is -0.00513. The summed E-state index contributed by atoms with van der Waals surface area (Å²) in [5.41, 5.74) is 12.8. The van der Waals surface area contributed by atoms with E-state index in [1.807, 2.05) is 12.3 Å². The number of benzene rings is 1. The molecule has 4 aliphatic rings. The fraction of sp³-hybridized carbons (Fsp3) is 0.519. The number of hydrogen-bond donors (Lipinski definition) is 2. The van der Waals surface area contributed by atoms with Gasteiger partial charge in [-0.3, -0.25) is 4.98 Å². The van der Waals surface area contributed by atoms with Crippen LogP contribution in [0.3, 0.4) is 0 Å². The van der Waals surface area contributed by atoms with Gasteiger partial charge in [-0.25, -0.2) is 0 Å². The molecule has 3 heteroatoms. The van der Waals surface area contributed by atoms with Crippen LogP contribution >= 0.6 is 0 Å². The minimum absolute atomic E-state index is 0.444. The van der Waals surface area contributed by atoms with Gasteiger partial charge in [-0.15, -0.1) is 0 Å². The SMILES string of the molecule is NCCCCc1c(-c2ccccn2)[nH]c2ccc(C34CC5CC(CC(C5)C3)C4)cc12. The first-order chi connectivity index (χ1) is 14.7. The number of H-pyrrole nitrogens is 1. The first-order valence-electron chi connectivity index (χ1n) is 12.0. The number of fused-ring (bicyclic) bond motifs is 1. The third kappa shape index (κ3) is 3.01. The fourth-order valence-electron chi connectivity index (χ4n) is 7.48. The van der Waals surface area contributed by atoms with Crippen molar-refractivity contribution in [2.24, 2.45) is 23.5 Å². The topological polar surface area (TPSA) is 54.7 Å². The van der Waals surface area contributed by atoms with Crippen LogP contribution in [-0.2, 0) is 11.8 Å². The summed E-state index contributed by atoms with van der Waals surface area (Å²) in [6.07, 6.45) is 13.9. The highest BCUT2D eigenvalue weighted by Crippen LogP contribution is 2.61. The normalized spacial score (nSPS) is 29.7. The molecule has 3 aromatic rings. The monoisotopic (exact) mass is 399 g/mol. The van der Waals surface area contributed by atoms with Crippen LogP contribution in [0.4, 0.5) is 0 Å². The maximum absolute atomic E-state index is 5.80. The van der Waals surface area contributed by atoms with Crippen molar-refractivity contribution in [1.29, 1.82) is 0 Å². The molecule has 2 heterocycles. The summed E-state index contributed by atoms with van der Waals surface area (Å²) >= 11 is 0. The van der Waals surface area contributed by atoms with Crippen molar-refractivity contribution < 1.29 is 0 Å². The average molecular weight is 400 g/mol. The van der Waals surface area contributed by atoms with Crippen molar-refractivity contribution in [2.75, 3.05) is 6.54 Å². The number of nitrogens with one attached hydrogen (secondary N) is 1. The van der Waals surface area contributed by atoms with Gasteiger partial charge in [-0.1, -0.05) is 12.1 Å². The number of nitrogens with two attached hydrogens (primary N) is 1. The number of unbranched alkanes of at least 4 members (excludes halogenated alkanes) is 1. The second-order valence-corrected chi connectivity index (χ2v) is 10.4. The number of hydrogen-bond acceptors (Lipinski definition) is 2. The second-order valence-electron chi connectivity index (χ2n) is 10.4. The van der Waals surface area contributed by atoms with E-state index in [0.717, 1.165) is 49.3 Å². The lowest BCUT2D eigenvalue weighted by Gasteiger charge is -2.57. The smallest absolute Gasteiger partial charge is 0.0867 e. The molecular formula is C27H33N3. The molecule has 3 nitrogen and oxygen atoms in total. The number of aromatic nitrogens is 2. The number of pyridine rings is 1. The third-order valence-electron chi connectivity index (χ3n) is 8.36.